The molecule has 0 aromatic carbocycles. The van der Waals surface area contributed by atoms with E-state index in [4.69, 9.17) is 0 Å². The predicted molar refractivity (Wildman–Crippen MR) is 91.7 cm³/mol. The average Bonchev–Trinajstić information content (AvgIpc) is 2.91. The highest BCUT2D eigenvalue weighted by molar-refractivity contribution is 5.76. The van der Waals surface area contributed by atoms with Crippen LogP contribution in [0.4, 0.5) is 5.82 Å². The molecule has 0 spiro atoms. The molecule has 0 bridgehead atoms. The Labute approximate surface area is 142 Å². The van der Waals surface area contributed by atoms with Gasteiger partial charge in [0.2, 0.25) is 5.91 Å². The van der Waals surface area contributed by atoms with Gasteiger partial charge in [-0.2, -0.15) is 5.10 Å². The zero-order chi connectivity index (χ0) is 16.9. The molecule has 128 valence electrons. The molecule has 1 aliphatic heterocycles. The Hall–Kier alpha value is -2.44. The number of nitrogens with zero attached hydrogens (tertiary/aromatic N) is 5. The lowest BCUT2D eigenvalue weighted by molar-refractivity contribution is -0.122. The van der Waals surface area contributed by atoms with Crippen LogP contribution in [0.5, 0.6) is 0 Å². The van der Waals surface area contributed by atoms with E-state index in [0.29, 0.717) is 13.0 Å². The van der Waals surface area contributed by atoms with Crippen LogP contribution in [-0.2, 0) is 11.3 Å². The van der Waals surface area contributed by atoms with Crippen molar-refractivity contribution in [3.63, 3.8) is 0 Å². The van der Waals surface area contributed by atoms with Crippen molar-refractivity contribution in [3.8, 4) is 0 Å². The first-order valence-electron chi connectivity index (χ1n) is 8.43. The quantitative estimate of drug-likeness (QED) is 0.899. The molecular formula is C17H24N6O. The van der Waals surface area contributed by atoms with E-state index in [1.165, 1.54) is 0 Å². The van der Waals surface area contributed by atoms with Gasteiger partial charge in [0.25, 0.3) is 0 Å². The topological polar surface area (TPSA) is 75.9 Å². The molecule has 2 aromatic rings. The van der Waals surface area contributed by atoms with E-state index in [1.54, 1.807) is 18.6 Å². The largest absolute Gasteiger partial charge is 0.353 e. The van der Waals surface area contributed by atoms with Crippen LogP contribution < -0.4 is 10.2 Å². The van der Waals surface area contributed by atoms with Crippen LogP contribution in [0.2, 0.25) is 0 Å². The maximum absolute atomic E-state index is 12.2. The Balaban J connectivity index is 1.50. The molecule has 1 N–H and O–H groups in total. The summed E-state index contributed by atoms with van der Waals surface area (Å²) in [5.41, 5.74) is 2.08. The van der Waals surface area contributed by atoms with Gasteiger partial charge in [-0.3, -0.25) is 14.5 Å². The highest BCUT2D eigenvalue weighted by Gasteiger charge is 2.22. The van der Waals surface area contributed by atoms with Crippen molar-refractivity contribution in [1.82, 2.24) is 25.1 Å². The molecule has 1 aliphatic rings. The van der Waals surface area contributed by atoms with E-state index >= 15 is 0 Å². The summed E-state index contributed by atoms with van der Waals surface area (Å²) in [7, 11) is 0. The highest BCUT2D eigenvalue weighted by atomic mass is 16.1. The second-order valence-electron chi connectivity index (χ2n) is 6.32. The van der Waals surface area contributed by atoms with Crippen LogP contribution in [-0.4, -0.2) is 44.8 Å². The summed E-state index contributed by atoms with van der Waals surface area (Å²) < 4.78 is 1.89. The van der Waals surface area contributed by atoms with Crippen LogP contribution >= 0.6 is 0 Å². The molecule has 3 rings (SSSR count). The summed E-state index contributed by atoms with van der Waals surface area (Å²) in [4.78, 5) is 22.9. The second kappa shape index (κ2) is 7.42. The number of amides is 1. The van der Waals surface area contributed by atoms with Crippen LogP contribution in [0.15, 0.2) is 24.7 Å². The van der Waals surface area contributed by atoms with Crippen molar-refractivity contribution >= 4 is 11.7 Å². The summed E-state index contributed by atoms with van der Waals surface area (Å²) >= 11 is 0. The maximum atomic E-state index is 12.2. The van der Waals surface area contributed by atoms with Gasteiger partial charge in [-0.15, -0.1) is 0 Å². The van der Waals surface area contributed by atoms with Crippen molar-refractivity contribution in [1.29, 1.82) is 0 Å². The van der Waals surface area contributed by atoms with Gasteiger partial charge in [0.15, 0.2) is 0 Å². The second-order valence-corrected chi connectivity index (χ2v) is 6.32. The summed E-state index contributed by atoms with van der Waals surface area (Å²) in [6, 6.07) is 2.19. The Kier molecular flexibility index (Phi) is 5.08. The molecule has 0 saturated carbocycles. The third-order valence-corrected chi connectivity index (χ3v) is 4.31. The monoisotopic (exact) mass is 328 g/mol. The summed E-state index contributed by atoms with van der Waals surface area (Å²) in [6.45, 7) is 6.33. The molecule has 24 heavy (non-hydrogen) atoms. The first-order valence-corrected chi connectivity index (χ1v) is 8.43. The molecule has 1 amide bonds. The molecule has 3 heterocycles. The van der Waals surface area contributed by atoms with Crippen LogP contribution in [0, 0.1) is 13.8 Å². The predicted octanol–water partition coefficient (Wildman–Crippen LogP) is 1.47. The fourth-order valence-electron chi connectivity index (χ4n) is 3.17. The van der Waals surface area contributed by atoms with Crippen molar-refractivity contribution in [2.45, 2.75) is 45.7 Å². The van der Waals surface area contributed by atoms with Crippen molar-refractivity contribution in [3.05, 3.63) is 36.0 Å². The molecule has 7 heteroatoms. The SMILES string of the molecule is Cc1cc(C)n(CCC(=O)N[C@@H]2CCCN(c3cnccn3)C2)n1. The van der Waals surface area contributed by atoms with Crippen LogP contribution in [0.3, 0.4) is 0 Å². The van der Waals surface area contributed by atoms with Gasteiger partial charge < -0.3 is 10.2 Å². The Bertz CT molecular complexity index is 684. The van der Waals surface area contributed by atoms with Gasteiger partial charge >= 0.3 is 0 Å². The minimum Gasteiger partial charge on any atom is -0.353 e. The van der Waals surface area contributed by atoms with Crippen LogP contribution in [0.25, 0.3) is 0 Å². The van der Waals surface area contributed by atoms with Crippen LogP contribution in [0.1, 0.15) is 30.7 Å². The smallest absolute Gasteiger partial charge is 0.222 e. The number of carbonyl (C=O) groups is 1. The van der Waals surface area contributed by atoms with Gasteiger partial charge in [0.1, 0.15) is 5.82 Å². The first kappa shape index (κ1) is 16.4. The molecule has 1 saturated heterocycles. The van der Waals surface area contributed by atoms with E-state index in [0.717, 1.165) is 43.1 Å². The number of carbonyl (C=O) groups excluding carboxylic acids is 1. The standard InChI is InChI=1S/C17H24N6O/c1-13-10-14(2)23(21-13)9-5-17(24)20-15-4-3-8-22(12-15)16-11-18-6-7-19-16/h6-7,10-11,15H,3-5,8-9,12H2,1-2H3,(H,20,24)/t15-/m1/s1. The zero-order valence-electron chi connectivity index (χ0n) is 14.3. The Morgan fingerprint density at radius 3 is 2.96 bits per heavy atom. The highest BCUT2D eigenvalue weighted by Crippen LogP contribution is 2.16. The zero-order valence-corrected chi connectivity index (χ0v) is 14.3. The van der Waals surface area contributed by atoms with Gasteiger partial charge in [0, 0.05) is 50.2 Å². The molecular weight excluding hydrogens is 304 g/mol. The van der Waals surface area contributed by atoms with E-state index in [1.807, 2.05) is 24.6 Å². The van der Waals surface area contributed by atoms with E-state index in [-0.39, 0.29) is 11.9 Å². The number of aryl methyl sites for hydroxylation is 3. The Morgan fingerprint density at radius 1 is 1.38 bits per heavy atom. The fraction of sp³-hybridized carbons (Fsp3) is 0.529. The molecule has 7 nitrogen and oxygen atoms in total. The summed E-state index contributed by atoms with van der Waals surface area (Å²) in [5.74, 6) is 0.952. The molecule has 1 atom stereocenters. The summed E-state index contributed by atoms with van der Waals surface area (Å²) in [5, 5.41) is 7.54. The first-order chi connectivity index (χ1) is 11.6. The molecule has 1 fully saturated rings. The molecule has 2 aromatic heterocycles. The number of nitrogens with one attached hydrogen (secondary N) is 1. The van der Waals surface area contributed by atoms with Crippen molar-refractivity contribution in [2.24, 2.45) is 0 Å². The maximum Gasteiger partial charge on any atom is 0.222 e. The van der Waals surface area contributed by atoms with Gasteiger partial charge in [0.05, 0.1) is 11.9 Å². The lowest BCUT2D eigenvalue weighted by Crippen LogP contribution is -2.48. The van der Waals surface area contributed by atoms with Crippen molar-refractivity contribution in [2.75, 3.05) is 18.0 Å². The minimum absolute atomic E-state index is 0.0774. The fourth-order valence-corrected chi connectivity index (χ4v) is 3.17. The lowest BCUT2D eigenvalue weighted by atomic mass is 10.1. The summed E-state index contributed by atoms with van der Waals surface area (Å²) in [6.07, 6.45) is 7.63. The molecule has 0 aliphatic carbocycles. The van der Waals surface area contributed by atoms with E-state index < -0.39 is 0 Å². The normalized spacial score (nSPS) is 17.8. The van der Waals surface area contributed by atoms with E-state index in [2.05, 4.69) is 25.3 Å². The number of hydrogen-bond acceptors (Lipinski definition) is 5. The number of anilines is 1. The van der Waals surface area contributed by atoms with Crippen molar-refractivity contribution < 1.29 is 4.79 Å². The number of rotatable bonds is 5. The van der Waals surface area contributed by atoms with Gasteiger partial charge in [-0.05, 0) is 32.8 Å². The molecule has 0 unspecified atom stereocenters. The average molecular weight is 328 g/mol. The molecule has 0 radical (unpaired) electrons. The third kappa shape index (κ3) is 4.10. The number of hydrogen-bond donors (Lipinski definition) is 1. The van der Waals surface area contributed by atoms with E-state index in [9.17, 15) is 4.79 Å². The minimum atomic E-state index is 0.0774. The Morgan fingerprint density at radius 2 is 2.25 bits per heavy atom. The number of aromatic nitrogens is 4. The van der Waals surface area contributed by atoms with Gasteiger partial charge in [-0.1, -0.05) is 0 Å². The third-order valence-electron chi connectivity index (χ3n) is 4.31. The van der Waals surface area contributed by atoms with Gasteiger partial charge in [-0.25, -0.2) is 4.98 Å². The lowest BCUT2D eigenvalue weighted by Gasteiger charge is -2.33. The number of piperidine rings is 1.